The van der Waals surface area contributed by atoms with Crippen LogP contribution in [0.2, 0.25) is 5.02 Å². The van der Waals surface area contributed by atoms with Crippen LogP contribution in [0.15, 0.2) is 48.8 Å². The Labute approximate surface area is 208 Å². The number of aromatic nitrogens is 2. The molecule has 0 bridgehead atoms. The molecule has 0 spiro atoms. The fourth-order valence-corrected chi connectivity index (χ4v) is 5.19. The lowest BCUT2D eigenvalue weighted by molar-refractivity contribution is -0.129. The molecule has 2 aliphatic heterocycles. The highest BCUT2D eigenvalue weighted by Crippen LogP contribution is 2.31. The van der Waals surface area contributed by atoms with Gasteiger partial charge in [0.25, 0.3) is 5.91 Å². The molecule has 0 radical (unpaired) electrons. The van der Waals surface area contributed by atoms with Crippen molar-refractivity contribution in [3.63, 3.8) is 0 Å². The molecule has 1 atom stereocenters. The third-order valence-corrected chi connectivity index (χ3v) is 7.37. The van der Waals surface area contributed by atoms with Crippen LogP contribution in [0.25, 0.3) is 10.9 Å². The molecule has 3 fully saturated rings. The fraction of sp³-hybridized carbons (Fsp3) is 0.423. The van der Waals surface area contributed by atoms with Gasteiger partial charge in [-0.15, -0.1) is 0 Å². The second-order valence-corrected chi connectivity index (χ2v) is 10.2. The van der Waals surface area contributed by atoms with Crippen molar-refractivity contribution in [3.8, 4) is 5.88 Å². The Hall–Kier alpha value is -3.10. The first kappa shape index (κ1) is 22.4. The van der Waals surface area contributed by atoms with Gasteiger partial charge in [-0.3, -0.25) is 9.69 Å². The number of benzene rings is 1. The number of hydrogen-bond donors (Lipinski definition) is 1. The number of carbonyl (C=O) groups excluding carboxylic acids is 2. The van der Waals surface area contributed by atoms with Gasteiger partial charge in [0.05, 0.1) is 12.1 Å². The van der Waals surface area contributed by atoms with Crippen LogP contribution in [0.4, 0.5) is 4.79 Å². The van der Waals surface area contributed by atoms with Crippen molar-refractivity contribution < 1.29 is 14.3 Å². The number of carbonyl (C=O) groups is 2. The molecule has 3 amide bonds. The maximum absolute atomic E-state index is 13.1. The molecule has 35 heavy (non-hydrogen) atoms. The molecule has 1 N–H and O–H groups in total. The number of nitrogens with one attached hydrogen (secondary N) is 1. The fourth-order valence-electron chi connectivity index (χ4n) is 5.01. The van der Waals surface area contributed by atoms with Gasteiger partial charge in [0.2, 0.25) is 5.88 Å². The second-order valence-electron chi connectivity index (χ2n) is 9.77. The number of likely N-dealkylation sites (tertiary alicyclic amines) is 1. The molecule has 182 valence electrons. The number of piperidine rings is 1. The van der Waals surface area contributed by atoms with Crippen LogP contribution in [0, 0.1) is 5.92 Å². The van der Waals surface area contributed by atoms with E-state index in [1.54, 1.807) is 23.0 Å². The van der Waals surface area contributed by atoms with Crippen LogP contribution in [-0.2, 0) is 11.3 Å². The number of rotatable bonds is 7. The lowest BCUT2D eigenvalue weighted by Gasteiger charge is -2.31. The average Bonchev–Trinajstić information content (AvgIpc) is 3.52. The molecule has 2 saturated heterocycles. The van der Waals surface area contributed by atoms with Crippen LogP contribution in [0.5, 0.6) is 5.88 Å². The lowest BCUT2D eigenvalue weighted by Crippen LogP contribution is -2.39. The zero-order chi connectivity index (χ0) is 23.9. The first-order chi connectivity index (χ1) is 17.0. The third kappa shape index (κ3) is 4.73. The molecular weight excluding hydrogens is 466 g/mol. The van der Waals surface area contributed by atoms with E-state index in [2.05, 4.69) is 15.2 Å². The van der Waals surface area contributed by atoms with Gasteiger partial charge >= 0.3 is 6.03 Å². The highest BCUT2D eigenvalue weighted by Gasteiger charge is 2.39. The van der Waals surface area contributed by atoms with E-state index in [1.165, 1.54) is 24.3 Å². The molecule has 3 aromatic rings. The summed E-state index contributed by atoms with van der Waals surface area (Å²) in [7, 11) is 0. The molecule has 1 saturated carbocycles. The number of hydrogen-bond acceptors (Lipinski definition) is 5. The monoisotopic (exact) mass is 493 g/mol. The summed E-state index contributed by atoms with van der Waals surface area (Å²) in [6.07, 6.45) is 7.66. The van der Waals surface area contributed by atoms with E-state index in [0.29, 0.717) is 10.9 Å². The van der Waals surface area contributed by atoms with Crippen molar-refractivity contribution in [3.05, 3.63) is 59.4 Å². The molecule has 1 aliphatic carbocycles. The largest absolute Gasteiger partial charge is 0.474 e. The van der Waals surface area contributed by atoms with E-state index in [0.717, 1.165) is 48.3 Å². The summed E-state index contributed by atoms with van der Waals surface area (Å²) >= 11 is 6.07. The normalized spacial score (nSPS) is 21.6. The van der Waals surface area contributed by atoms with E-state index < -0.39 is 12.2 Å². The Bertz CT molecular complexity index is 1250. The first-order valence-corrected chi connectivity index (χ1v) is 12.6. The quantitative estimate of drug-likeness (QED) is 0.499. The van der Waals surface area contributed by atoms with Crippen LogP contribution in [0.3, 0.4) is 0 Å². The number of pyridine rings is 1. The summed E-state index contributed by atoms with van der Waals surface area (Å²) in [4.78, 5) is 33.9. The molecule has 4 heterocycles. The van der Waals surface area contributed by atoms with Gasteiger partial charge in [-0.1, -0.05) is 17.7 Å². The zero-order valence-electron chi connectivity index (χ0n) is 19.4. The molecular formula is C26H28ClN5O3. The minimum atomic E-state index is -0.789. The second kappa shape index (κ2) is 9.17. The molecule has 6 rings (SSSR count). The van der Waals surface area contributed by atoms with E-state index in [-0.39, 0.29) is 18.6 Å². The summed E-state index contributed by atoms with van der Waals surface area (Å²) in [6.45, 7) is 3.55. The summed E-state index contributed by atoms with van der Waals surface area (Å²) in [5, 5.41) is 4.32. The number of halogens is 1. The highest BCUT2D eigenvalue weighted by atomic mass is 35.5. The SMILES string of the molecule is O=C1NC(n2ccc3cc(Cl)ccc32)C(=O)N1Cc1ccc(OC2CCN(CC3CC3)CC2)nc1. The molecule has 8 nitrogen and oxygen atoms in total. The predicted molar refractivity (Wildman–Crippen MR) is 132 cm³/mol. The summed E-state index contributed by atoms with van der Waals surface area (Å²) in [5.74, 6) is 1.20. The van der Waals surface area contributed by atoms with Gasteiger partial charge in [0.1, 0.15) is 6.10 Å². The molecule has 1 unspecified atom stereocenters. The average molecular weight is 494 g/mol. The number of nitrogens with zero attached hydrogens (tertiary/aromatic N) is 4. The first-order valence-electron chi connectivity index (χ1n) is 12.3. The van der Waals surface area contributed by atoms with Gasteiger partial charge in [-0.05, 0) is 61.4 Å². The maximum atomic E-state index is 13.1. The topological polar surface area (TPSA) is 79.7 Å². The van der Waals surface area contributed by atoms with Gasteiger partial charge in [-0.25, -0.2) is 9.78 Å². The molecule has 1 aromatic carbocycles. The Morgan fingerprint density at radius 1 is 1.06 bits per heavy atom. The number of urea groups is 1. The van der Waals surface area contributed by atoms with E-state index in [4.69, 9.17) is 16.3 Å². The van der Waals surface area contributed by atoms with Crippen molar-refractivity contribution in [2.45, 2.75) is 44.5 Å². The van der Waals surface area contributed by atoms with E-state index >= 15 is 0 Å². The van der Waals surface area contributed by atoms with Crippen LogP contribution in [0.1, 0.15) is 37.4 Å². The van der Waals surface area contributed by atoms with Crippen LogP contribution in [-0.4, -0.2) is 57.0 Å². The Morgan fingerprint density at radius 3 is 2.63 bits per heavy atom. The zero-order valence-corrected chi connectivity index (χ0v) is 20.2. The Kier molecular flexibility index (Phi) is 5.86. The smallest absolute Gasteiger partial charge is 0.326 e. The standard InChI is InChI=1S/C26H28ClN5O3/c27-20-4-5-22-19(13-20)7-12-31(22)24-25(33)32(26(34)29-24)16-18-3-6-23(28-14-18)35-21-8-10-30(11-9-21)15-17-1-2-17/h3-7,12-14,17,21,24H,1-2,8-11,15-16H2,(H,29,34). The maximum Gasteiger partial charge on any atom is 0.326 e. The summed E-state index contributed by atoms with van der Waals surface area (Å²) in [6, 6.07) is 10.6. The molecule has 9 heteroatoms. The van der Waals surface area contributed by atoms with Crippen molar-refractivity contribution in [1.82, 2.24) is 24.7 Å². The van der Waals surface area contributed by atoms with Gasteiger partial charge < -0.3 is 19.5 Å². The summed E-state index contributed by atoms with van der Waals surface area (Å²) < 4.78 is 7.86. The van der Waals surface area contributed by atoms with Gasteiger partial charge in [0.15, 0.2) is 6.17 Å². The van der Waals surface area contributed by atoms with Crippen LogP contribution < -0.4 is 10.1 Å². The van der Waals surface area contributed by atoms with Crippen molar-refractivity contribution in [2.75, 3.05) is 19.6 Å². The van der Waals surface area contributed by atoms with Crippen molar-refractivity contribution >= 4 is 34.4 Å². The predicted octanol–water partition coefficient (Wildman–Crippen LogP) is 4.19. The number of ether oxygens (including phenoxy) is 1. The van der Waals surface area contributed by atoms with Gasteiger partial charge in [-0.2, -0.15) is 0 Å². The molecule has 2 aromatic heterocycles. The highest BCUT2D eigenvalue weighted by molar-refractivity contribution is 6.31. The Morgan fingerprint density at radius 2 is 1.89 bits per heavy atom. The van der Waals surface area contributed by atoms with E-state index in [9.17, 15) is 9.59 Å². The third-order valence-electron chi connectivity index (χ3n) is 7.14. The molecule has 3 aliphatic rings. The number of amides is 3. The lowest BCUT2D eigenvalue weighted by atomic mass is 10.1. The minimum Gasteiger partial charge on any atom is -0.474 e. The van der Waals surface area contributed by atoms with Crippen LogP contribution >= 0.6 is 11.6 Å². The van der Waals surface area contributed by atoms with Crippen molar-refractivity contribution in [2.24, 2.45) is 5.92 Å². The van der Waals surface area contributed by atoms with E-state index in [1.807, 2.05) is 30.3 Å². The minimum absolute atomic E-state index is 0.152. The van der Waals surface area contributed by atoms with Gasteiger partial charge in [0, 0.05) is 48.5 Å². The summed E-state index contributed by atoms with van der Waals surface area (Å²) in [5.41, 5.74) is 1.60. The number of imide groups is 1. The van der Waals surface area contributed by atoms with Crippen molar-refractivity contribution in [1.29, 1.82) is 0 Å². The Balaban J connectivity index is 1.07. The number of fused-ring (bicyclic) bond motifs is 1.